The fourth-order valence-electron chi connectivity index (χ4n) is 1.58. The monoisotopic (exact) mass is 215 g/mol. The average molecular weight is 215 g/mol. The van der Waals surface area contributed by atoms with E-state index in [0.29, 0.717) is 18.4 Å². The maximum Gasteiger partial charge on any atom is 0.149 e. The fourth-order valence-corrected chi connectivity index (χ4v) is 2.66. The second kappa shape index (κ2) is 5.76. The Morgan fingerprint density at radius 3 is 2.93 bits per heavy atom. The molecule has 0 saturated carbocycles. The molecule has 2 unspecified atom stereocenters. The SMILES string of the molecule is CCC(C)C(=O)CN1CCSCC1C. The molecule has 0 radical (unpaired) electrons. The third-order valence-corrected chi connectivity index (χ3v) is 4.22. The van der Waals surface area contributed by atoms with Gasteiger partial charge in [0.15, 0.2) is 0 Å². The van der Waals surface area contributed by atoms with Crippen molar-refractivity contribution in [2.24, 2.45) is 5.92 Å². The van der Waals surface area contributed by atoms with E-state index in [1.54, 1.807) is 0 Å². The molecule has 1 aliphatic heterocycles. The lowest BCUT2D eigenvalue weighted by Crippen LogP contribution is -2.44. The van der Waals surface area contributed by atoms with Gasteiger partial charge in [0.05, 0.1) is 6.54 Å². The van der Waals surface area contributed by atoms with Crippen LogP contribution in [0.1, 0.15) is 27.2 Å². The average Bonchev–Trinajstić information content (AvgIpc) is 2.20. The minimum atomic E-state index is 0.233. The first-order valence-electron chi connectivity index (χ1n) is 5.49. The number of ketones is 1. The lowest BCUT2D eigenvalue weighted by molar-refractivity contribution is -0.124. The van der Waals surface area contributed by atoms with Crippen molar-refractivity contribution in [1.82, 2.24) is 4.90 Å². The topological polar surface area (TPSA) is 20.3 Å². The van der Waals surface area contributed by atoms with Gasteiger partial charge in [-0.3, -0.25) is 9.69 Å². The van der Waals surface area contributed by atoms with Crippen LogP contribution < -0.4 is 0 Å². The second-order valence-electron chi connectivity index (χ2n) is 4.17. The van der Waals surface area contributed by atoms with Gasteiger partial charge in [-0.15, -0.1) is 0 Å². The van der Waals surface area contributed by atoms with Crippen LogP contribution in [0, 0.1) is 5.92 Å². The summed E-state index contributed by atoms with van der Waals surface area (Å²) < 4.78 is 0. The second-order valence-corrected chi connectivity index (χ2v) is 5.32. The molecule has 0 amide bonds. The van der Waals surface area contributed by atoms with Crippen molar-refractivity contribution in [3.63, 3.8) is 0 Å². The summed E-state index contributed by atoms with van der Waals surface area (Å²) in [5.41, 5.74) is 0. The number of carbonyl (C=O) groups is 1. The highest BCUT2D eigenvalue weighted by Gasteiger charge is 2.22. The van der Waals surface area contributed by atoms with Crippen molar-refractivity contribution in [1.29, 1.82) is 0 Å². The van der Waals surface area contributed by atoms with Crippen LogP contribution in [0.25, 0.3) is 0 Å². The number of hydrogen-bond donors (Lipinski definition) is 0. The third-order valence-electron chi connectivity index (χ3n) is 3.03. The Morgan fingerprint density at radius 1 is 1.64 bits per heavy atom. The fraction of sp³-hybridized carbons (Fsp3) is 0.909. The van der Waals surface area contributed by atoms with Crippen molar-refractivity contribution in [2.75, 3.05) is 24.6 Å². The molecule has 3 heteroatoms. The molecule has 0 aromatic rings. The van der Waals surface area contributed by atoms with Crippen LogP contribution in [0.2, 0.25) is 0 Å². The maximum absolute atomic E-state index is 11.7. The summed E-state index contributed by atoms with van der Waals surface area (Å²) in [4.78, 5) is 14.1. The van der Waals surface area contributed by atoms with Gasteiger partial charge in [-0.2, -0.15) is 11.8 Å². The van der Waals surface area contributed by atoms with Crippen molar-refractivity contribution < 1.29 is 4.79 Å². The molecule has 0 spiro atoms. The van der Waals surface area contributed by atoms with Crippen LogP contribution in [0.15, 0.2) is 0 Å². The van der Waals surface area contributed by atoms with E-state index in [4.69, 9.17) is 0 Å². The molecule has 0 aromatic carbocycles. The molecular formula is C11H21NOS. The van der Waals surface area contributed by atoms with Gasteiger partial charge in [-0.1, -0.05) is 13.8 Å². The van der Waals surface area contributed by atoms with E-state index in [1.165, 1.54) is 11.5 Å². The van der Waals surface area contributed by atoms with E-state index in [9.17, 15) is 4.79 Å². The molecule has 2 atom stereocenters. The van der Waals surface area contributed by atoms with E-state index in [-0.39, 0.29) is 5.92 Å². The number of hydrogen-bond acceptors (Lipinski definition) is 3. The van der Waals surface area contributed by atoms with Gasteiger partial charge >= 0.3 is 0 Å². The quantitative estimate of drug-likeness (QED) is 0.716. The summed E-state index contributed by atoms with van der Waals surface area (Å²) in [6, 6.07) is 0.571. The predicted octanol–water partition coefficient (Wildman–Crippen LogP) is 2.04. The number of rotatable bonds is 4. The first-order valence-corrected chi connectivity index (χ1v) is 6.65. The standard InChI is InChI=1S/C11H21NOS/c1-4-9(2)11(13)7-12-5-6-14-8-10(12)3/h9-10H,4-8H2,1-3H3. The normalized spacial score (nSPS) is 26.1. The van der Waals surface area contributed by atoms with Crippen molar-refractivity contribution in [2.45, 2.75) is 33.2 Å². The maximum atomic E-state index is 11.7. The van der Waals surface area contributed by atoms with Crippen molar-refractivity contribution in [3.8, 4) is 0 Å². The molecule has 0 aliphatic carbocycles. The molecule has 1 heterocycles. The predicted molar refractivity (Wildman–Crippen MR) is 62.8 cm³/mol. The Balaban J connectivity index is 2.38. The Hall–Kier alpha value is -0.0200. The van der Waals surface area contributed by atoms with E-state index in [1.807, 2.05) is 18.7 Å². The summed E-state index contributed by atoms with van der Waals surface area (Å²) >= 11 is 2.00. The number of thioether (sulfide) groups is 1. The molecule has 14 heavy (non-hydrogen) atoms. The number of nitrogens with zero attached hydrogens (tertiary/aromatic N) is 1. The van der Waals surface area contributed by atoms with Crippen LogP contribution in [0.3, 0.4) is 0 Å². The van der Waals surface area contributed by atoms with E-state index in [2.05, 4.69) is 18.7 Å². The first-order chi connectivity index (χ1) is 6.65. The van der Waals surface area contributed by atoms with Crippen molar-refractivity contribution in [3.05, 3.63) is 0 Å². The lowest BCUT2D eigenvalue weighted by Gasteiger charge is -2.32. The minimum absolute atomic E-state index is 0.233. The molecule has 1 fully saturated rings. The van der Waals surface area contributed by atoms with E-state index in [0.717, 1.165) is 13.0 Å². The Bertz CT molecular complexity index is 196. The zero-order valence-electron chi connectivity index (χ0n) is 9.45. The lowest BCUT2D eigenvalue weighted by atomic mass is 10.0. The van der Waals surface area contributed by atoms with Gasteiger partial charge in [-0.05, 0) is 13.3 Å². The molecule has 0 bridgehead atoms. The number of Topliss-reactive ketones (excluding diaryl/α,β-unsaturated/α-hetero) is 1. The molecule has 82 valence electrons. The van der Waals surface area contributed by atoms with Gasteiger partial charge in [0.2, 0.25) is 0 Å². The van der Waals surface area contributed by atoms with Gasteiger partial charge in [0.1, 0.15) is 5.78 Å². The van der Waals surface area contributed by atoms with Crippen LogP contribution in [-0.2, 0) is 4.79 Å². The summed E-state index contributed by atoms with van der Waals surface area (Å²) in [6.45, 7) is 8.07. The van der Waals surface area contributed by atoms with Gasteiger partial charge < -0.3 is 0 Å². The zero-order chi connectivity index (χ0) is 10.6. The molecule has 1 rings (SSSR count). The molecular weight excluding hydrogens is 194 g/mol. The highest BCUT2D eigenvalue weighted by Crippen LogP contribution is 2.16. The Kier molecular flexibility index (Phi) is 4.96. The van der Waals surface area contributed by atoms with E-state index < -0.39 is 0 Å². The summed E-state index contributed by atoms with van der Waals surface area (Å²) in [5, 5.41) is 0. The summed E-state index contributed by atoms with van der Waals surface area (Å²) in [5.74, 6) is 2.99. The van der Waals surface area contributed by atoms with Crippen LogP contribution in [0.5, 0.6) is 0 Å². The van der Waals surface area contributed by atoms with Crippen LogP contribution >= 0.6 is 11.8 Å². The van der Waals surface area contributed by atoms with Crippen LogP contribution in [-0.4, -0.2) is 41.3 Å². The summed E-state index contributed by atoms with van der Waals surface area (Å²) in [6.07, 6.45) is 0.968. The van der Waals surface area contributed by atoms with Gasteiger partial charge in [0.25, 0.3) is 0 Å². The van der Waals surface area contributed by atoms with Crippen molar-refractivity contribution >= 4 is 17.5 Å². The smallest absolute Gasteiger partial charge is 0.149 e. The van der Waals surface area contributed by atoms with Gasteiger partial charge in [-0.25, -0.2) is 0 Å². The number of carbonyl (C=O) groups excluding carboxylic acids is 1. The molecule has 0 N–H and O–H groups in total. The highest BCUT2D eigenvalue weighted by atomic mass is 32.2. The largest absolute Gasteiger partial charge is 0.298 e. The summed E-state index contributed by atoms with van der Waals surface area (Å²) in [7, 11) is 0. The van der Waals surface area contributed by atoms with Crippen LogP contribution in [0.4, 0.5) is 0 Å². The Morgan fingerprint density at radius 2 is 2.36 bits per heavy atom. The first kappa shape index (κ1) is 12.1. The molecule has 1 aliphatic rings. The molecule has 0 aromatic heterocycles. The third kappa shape index (κ3) is 3.28. The molecule has 1 saturated heterocycles. The Labute approximate surface area is 91.4 Å². The zero-order valence-corrected chi connectivity index (χ0v) is 10.3. The highest BCUT2D eigenvalue weighted by molar-refractivity contribution is 7.99. The van der Waals surface area contributed by atoms with Gasteiger partial charge in [0, 0.05) is 30.0 Å². The van der Waals surface area contributed by atoms with E-state index >= 15 is 0 Å². The molecule has 2 nitrogen and oxygen atoms in total. The minimum Gasteiger partial charge on any atom is -0.298 e.